The fraction of sp³-hybridized carbons (Fsp3) is 0.154. The summed E-state index contributed by atoms with van der Waals surface area (Å²) in [5, 5.41) is 0. The van der Waals surface area contributed by atoms with Gasteiger partial charge in [0.25, 0.3) is 0 Å². The molecule has 0 unspecified atom stereocenters. The molecular formula is C13H12N2O2. The molecule has 0 fully saturated rings. The van der Waals surface area contributed by atoms with Crippen LogP contribution in [0.2, 0.25) is 0 Å². The van der Waals surface area contributed by atoms with Gasteiger partial charge in [-0.05, 0) is 6.07 Å². The first-order valence-corrected chi connectivity index (χ1v) is 5.22. The van der Waals surface area contributed by atoms with E-state index in [0.717, 1.165) is 5.56 Å². The minimum atomic E-state index is -0.0670. The third-order valence-electron chi connectivity index (χ3n) is 2.39. The molecule has 4 nitrogen and oxygen atoms in total. The van der Waals surface area contributed by atoms with E-state index in [-0.39, 0.29) is 12.2 Å². The number of aromatic nitrogens is 2. The monoisotopic (exact) mass is 228 g/mol. The Morgan fingerprint density at radius 1 is 1.29 bits per heavy atom. The maximum atomic E-state index is 11.9. The van der Waals surface area contributed by atoms with Gasteiger partial charge in [-0.1, -0.05) is 18.2 Å². The number of carbonyl (C=O) groups is 1. The third-order valence-corrected chi connectivity index (χ3v) is 2.39. The minimum Gasteiger partial charge on any atom is -0.496 e. The van der Waals surface area contributed by atoms with E-state index in [4.69, 9.17) is 4.74 Å². The fourth-order valence-electron chi connectivity index (χ4n) is 1.56. The van der Waals surface area contributed by atoms with Gasteiger partial charge in [-0.3, -0.25) is 9.78 Å². The zero-order chi connectivity index (χ0) is 12.1. The van der Waals surface area contributed by atoms with Crippen LogP contribution < -0.4 is 4.74 Å². The van der Waals surface area contributed by atoms with Gasteiger partial charge in [0.15, 0.2) is 5.78 Å². The van der Waals surface area contributed by atoms with Crippen LogP contribution in [0.1, 0.15) is 16.1 Å². The lowest BCUT2D eigenvalue weighted by Crippen LogP contribution is -2.07. The molecule has 0 saturated carbocycles. The fourth-order valence-corrected chi connectivity index (χ4v) is 1.56. The summed E-state index contributed by atoms with van der Waals surface area (Å²) in [6.07, 6.45) is 4.79. The van der Waals surface area contributed by atoms with Gasteiger partial charge in [0.1, 0.15) is 11.4 Å². The van der Waals surface area contributed by atoms with Gasteiger partial charge in [0, 0.05) is 24.4 Å². The van der Waals surface area contributed by atoms with E-state index in [1.807, 2.05) is 24.3 Å². The molecule has 0 aliphatic heterocycles. The Bertz CT molecular complexity index is 512. The number of rotatable bonds is 4. The molecule has 0 amide bonds. The number of ketones is 1. The standard InChI is InChI=1S/C13H12N2O2/c1-17-13-5-3-2-4-10(13)8-12(16)11-9-14-6-7-15-11/h2-7,9H,8H2,1H3. The topological polar surface area (TPSA) is 52.1 Å². The zero-order valence-corrected chi connectivity index (χ0v) is 9.46. The quantitative estimate of drug-likeness (QED) is 0.750. The molecule has 0 aliphatic carbocycles. The number of Topliss-reactive ketones (excluding diaryl/α,β-unsaturated/α-hetero) is 1. The smallest absolute Gasteiger partial charge is 0.187 e. The van der Waals surface area contributed by atoms with Crippen LogP contribution in [0, 0.1) is 0 Å². The molecule has 1 aromatic carbocycles. The lowest BCUT2D eigenvalue weighted by atomic mass is 10.1. The molecule has 4 heteroatoms. The highest BCUT2D eigenvalue weighted by Gasteiger charge is 2.11. The van der Waals surface area contributed by atoms with Crippen molar-refractivity contribution in [3.05, 3.63) is 54.1 Å². The van der Waals surface area contributed by atoms with E-state index < -0.39 is 0 Å². The summed E-state index contributed by atoms with van der Waals surface area (Å²) in [5.74, 6) is 0.646. The Kier molecular flexibility index (Phi) is 3.45. The lowest BCUT2D eigenvalue weighted by Gasteiger charge is -2.06. The van der Waals surface area contributed by atoms with E-state index in [2.05, 4.69) is 9.97 Å². The SMILES string of the molecule is COc1ccccc1CC(=O)c1cnccn1. The molecule has 0 aliphatic rings. The van der Waals surface area contributed by atoms with Crippen molar-refractivity contribution >= 4 is 5.78 Å². The average molecular weight is 228 g/mol. The second-order valence-electron chi connectivity index (χ2n) is 3.50. The predicted molar refractivity (Wildman–Crippen MR) is 63.1 cm³/mol. The van der Waals surface area contributed by atoms with Gasteiger partial charge in [0.2, 0.25) is 0 Å². The predicted octanol–water partition coefficient (Wildman–Crippen LogP) is 1.91. The number of ether oxygens (including phenoxy) is 1. The molecular weight excluding hydrogens is 216 g/mol. The molecule has 2 aromatic rings. The van der Waals surface area contributed by atoms with Gasteiger partial charge < -0.3 is 4.74 Å². The summed E-state index contributed by atoms with van der Waals surface area (Å²) in [6.45, 7) is 0. The van der Waals surface area contributed by atoms with E-state index in [9.17, 15) is 4.79 Å². The highest BCUT2D eigenvalue weighted by Crippen LogP contribution is 2.18. The molecule has 0 bridgehead atoms. The van der Waals surface area contributed by atoms with Crippen LogP contribution in [0.5, 0.6) is 5.75 Å². The van der Waals surface area contributed by atoms with Gasteiger partial charge in [-0.2, -0.15) is 0 Å². The van der Waals surface area contributed by atoms with Crippen LogP contribution >= 0.6 is 0 Å². The van der Waals surface area contributed by atoms with Crippen molar-refractivity contribution in [3.8, 4) is 5.75 Å². The maximum Gasteiger partial charge on any atom is 0.187 e. The highest BCUT2D eigenvalue weighted by molar-refractivity contribution is 5.95. The highest BCUT2D eigenvalue weighted by atomic mass is 16.5. The van der Waals surface area contributed by atoms with Gasteiger partial charge >= 0.3 is 0 Å². The molecule has 0 radical (unpaired) electrons. The largest absolute Gasteiger partial charge is 0.496 e. The first-order chi connectivity index (χ1) is 8.31. The van der Waals surface area contributed by atoms with E-state index in [1.54, 1.807) is 13.3 Å². The van der Waals surface area contributed by atoms with Crippen LogP contribution in [0.25, 0.3) is 0 Å². The molecule has 0 atom stereocenters. The number of para-hydroxylation sites is 1. The molecule has 1 aromatic heterocycles. The number of benzene rings is 1. The number of hydrogen-bond donors (Lipinski definition) is 0. The average Bonchev–Trinajstić information content (AvgIpc) is 2.40. The van der Waals surface area contributed by atoms with Crippen molar-refractivity contribution in [2.45, 2.75) is 6.42 Å². The number of nitrogens with zero attached hydrogens (tertiary/aromatic N) is 2. The van der Waals surface area contributed by atoms with Crippen LogP contribution in [0.4, 0.5) is 0 Å². The Labute approximate surface area is 99.3 Å². The van der Waals surface area contributed by atoms with E-state index >= 15 is 0 Å². The molecule has 2 rings (SSSR count). The maximum absolute atomic E-state index is 11.9. The second kappa shape index (κ2) is 5.21. The first kappa shape index (κ1) is 11.3. The molecule has 0 N–H and O–H groups in total. The summed E-state index contributed by atoms with van der Waals surface area (Å²) in [7, 11) is 1.59. The van der Waals surface area contributed by atoms with Crippen molar-refractivity contribution in [1.29, 1.82) is 0 Å². The minimum absolute atomic E-state index is 0.0670. The number of carbonyl (C=O) groups excluding carboxylic acids is 1. The van der Waals surface area contributed by atoms with Crippen molar-refractivity contribution in [2.75, 3.05) is 7.11 Å². The molecule has 0 saturated heterocycles. The molecule has 86 valence electrons. The first-order valence-electron chi connectivity index (χ1n) is 5.22. The van der Waals surface area contributed by atoms with Gasteiger partial charge in [-0.25, -0.2) is 4.98 Å². The lowest BCUT2D eigenvalue weighted by molar-refractivity contribution is 0.0987. The van der Waals surface area contributed by atoms with Crippen LogP contribution in [-0.4, -0.2) is 22.9 Å². The molecule has 1 heterocycles. The molecule has 17 heavy (non-hydrogen) atoms. The Morgan fingerprint density at radius 3 is 2.82 bits per heavy atom. The van der Waals surface area contributed by atoms with Gasteiger partial charge in [-0.15, -0.1) is 0 Å². The summed E-state index contributed by atoms with van der Waals surface area (Å²) in [5.41, 5.74) is 1.23. The summed E-state index contributed by atoms with van der Waals surface area (Å²) < 4.78 is 5.19. The van der Waals surface area contributed by atoms with Crippen LogP contribution in [-0.2, 0) is 6.42 Å². The second-order valence-corrected chi connectivity index (χ2v) is 3.50. The van der Waals surface area contributed by atoms with E-state index in [1.165, 1.54) is 12.4 Å². The van der Waals surface area contributed by atoms with Crippen molar-refractivity contribution in [2.24, 2.45) is 0 Å². The Morgan fingerprint density at radius 2 is 2.12 bits per heavy atom. The summed E-state index contributed by atoms with van der Waals surface area (Å²) >= 11 is 0. The van der Waals surface area contributed by atoms with Crippen molar-refractivity contribution in [1.82, 2.24) is 9.97 Å². The number of hydrogen-bond acceptors (Lipinski definition) is 4. The summed E-state index contributed by atoms with van der Waals surface area (Å²) in [6, 6.07) is 7.45. The van der Waals surface area contributed by atoms with Crippen molar-refractivity contribution in [3.63, 3.8) is 0 Å². The Hall–Kier alpha value is -2.23. The van der Waals surface area contributed by atoms with Crippen molar-refractivity contribution < 1.29 is 9.53 Å². The van der Waals surface area contributed by atoms with Crippen LogP contribution in [0.15, 0.2) is 42.9 Å². The normalized spacial score (nSPS) is 9.94. The zero-order valence-electron chi connectivity index (χ0n) is 9.46. The summed E-state index contributed by atoms with van der Waals surface area (Å²) in [4.78, 5) is 19.8. The third kappa shape index (κ3) is 2.66. The number of methoxy groups -OCH3 is 1. The van der Waals surface area contributed by atoms with E-state index in [0.29, 0.717) is 11.4 Å². The van der Waals surface area contributed by atoms with Crippen LogP contribution in [0.3, 0.4) is 0 Å². The molecule has 0 spiro atoms. The van der Waals surface area contributed by atoms with Gasteiger partial charge in [0.05, 0.1) is 13.3 Å². The Balaban J connectivity index is 2.19.